The molecule has 3 rings (SSSR count). The van der Waals surface area contributed by atoms with Crippen molar-refractivity contribution in [3.8, 4) is 5.75 Å². The van der Waals surface area contributed by atoms with Crippen LogP contribution in [0.25, 0.3) is 0 Å². The molecule has 1 aliphatic rings. The van der Waals surface area contributed by atoms with Crippen molar-refractivity contribution >= 4 is 35.8 Å². The maximum atomic E-state index is 12.2. The minimum atomic E-state index is -0.152. The van der Waals surface area contributed by atoms with Gasteiger partial charge in [0.25, 0.3) is 0 Å². The number of nitrogens with zero attached hydrogens (tertiary/aromatic N) is 2. The second kappa shape index (κ2) is 14.8. The number of benzene rings is 1. The van der Waals surface area contributed by atoms with Crippen molar-refractivity contribution in [3.05, 3.63) is 54.0 Å². The molecule has 182 valence electrons. The molecular weight excluding hydrogens is 533 g/mol. The number of rotatable bonds is 10. The van der Waals surface area contributed by atoms with E-state index in [4.69, 9.17) is 9.15 Å². The van der Waals surface area contributed by atoms with Crippen molar-refractivity contribution < 1.29 is 13.9 Å². The largest absolute Gasteiger partial charge is 0.497 e. The molecule has 0 radical (unpaired) electrons. The van der Waals surface area contributed by atoms with Gasteiger partial charge in [0.1, 0.15) is 18.1 Å². The van der Waals surface area contributed by atoms with E-state index in [1.54, 1.807) is 19.4 Å². The van der Waals surface area contributed by atoms with Crippen molar-refractivity contribution in [2.24, 2.45) is 4.99 Å². The molecule has 1 aliphatic heterocycles. The zero-order valence-electron chi connectivity index (χ0n) is 19.5. The monoisotopic (exact) mass is 569 g/mol. The zero-order chi connectivity index (χ0) is 22.6. The molecule has 1 fully saturated rings. The second-order valence-electron chi connectivity index (χ2n) is 7.82. The average molecular weight is 569 g/mol. The number of hydrogen-bond donors (Lipinski definition) is 3. The van der Waals surface area contributed by atoms with Crippen molar-refractivity contribution in [2.45, 2.75) is 38.8 Å². The Morgan fingerprint density at radius 1 is 1.12 bits per heavy atom. The molecule has 0 spiro atoms. The molecule has 33 heavy (non-hydrogen) atoms. The fourth-order valence-corrected chi connectivity index (χ4v) is 3.85. The van der Waals surface area contributed by atoms with E-state index >= 15 is 0 Å². The number of halogens is 1. The number of nitrogens with one attached hydrogen (secondary N) is 3. The smallest absolute Gasteiger partial charge is 0.242 e. The number of hydrogen-bond acceptors (Lipinski definition) is 5. The summed E-state index contributed by atoms with van der Waals surface area (Å²) in [4.78, 5) is 19.2. The molecular formula is C24H36IN5O3. The Labute approximate surface area is 213 Å². The van der Waals surface area contributed by atoms with Gasteiger partial charge in [0, 0.05) is 13.1 Å². The number of furan rings is 1. The van der Waals surface area contributed by atoms with Crippen LogP contribution in [0.3, 0.4) is 0 Å². The fourth-order valence-electron chi connectivity index (χ4n) is 3.85. The van der Waals surface area contributed by atoms with Crippen LogP contribution in [0.4, 0.5) is 0 Å². The van der Waals surface area contributed by atoms with Gasteiger partial charge in [-0.25, -0.2) is 4.99 Å². The Kier molecular flexibility index (Phi) is 12.1. The van der Waals surface area contributed by atoms with Crippen LogP contribution < -0.4 is 20.7 Å². The summed E-state index contributed by atoms with van der Waals surface area (Å²) in [6.07, 6.45) is 5.32. The number of likely N-dealkylation sites (tertiary alicyclic amines) is 1. The van der Waals surface area contributed by atoms with E-state index in [9.17, 15) is 4.79 Å². The number of aliphatic imine (C=N–C) groups is 1. The average Bonchev–Trinajstić information content (AvgIpc) is 3.36. The Balaban J connectivity index is 0.00000385. The van der Waals surface area contributed by atoms with E-state index < -0.39 is 0 Å². The van der Waals surface area contributed by atoms with Gasteiger partial charge in [-0.1, -0.05) is 18.6 Å². The highest BCUT2D eigenvalue weighted by Crippen LogP contribution is 2.25. The normalized spacial score (nSPS) is 15.3. The summed E-state index contributed by atoms with van der Waals surface area (Å²) in [5, 5.41) is 9.50. The summed E-state index contributed by atoms with van der Waals surface area (Å²) in [6.45, 7) is 6.01. The number of ether oxygens (including phenoxy) is 1. The number of piperidine rings is 1. The summed E-state index contributed by atoms with van der Waals surface area (Å²) in [5.41, 5.74) is 1.24. The quantitative estimate of drug-likeness (QED) is 0.231. The maximum absolute atomic E-state index is 12.2. The predicted molar refractivity (Wildman–Crippen MR) is 141 cm³/mol. The van der Waals surface area contributed by atoms with Gasteiger partial charge < -0.3 is 25.1 Å². The van der Waals surface area contributed by atoms with Gasteiger partial charge in [-0.05, 0) is 62.7 Å². The Morgan fingerprint density at radius 3 is 2.52 bits per heavy atom. The van der Waals surface area contributed by atoms with Crippen molar-refractivity contribution in [2.75, 3.05) is 39.8 Å². The highest BCUT2D eigenvalue weighted by Gasteiger charge is 2.22. The summed E-state index contributed by atoms with van der Waals surface area (Å²) in [6, 6.07) is 12.1. The summed E-state index contributed by atoms with van der Waals surface area (Å²) in [7, 11) is 1.68. The second-order valence-corrected chi connectivity index (χ2v) is 7.82. The van der Waals surface area contributed by atoms with Crippen molar-refractivity contribution in [3.63, 3.8) is 0 Å². The van der Waals surface area contributed by atoms with Crippen molar-refractivity contribution in [1.82, 2.24) is 20.9 Å². The van der Waals surface area contributed by atoms with Gasteiger partial charge >= 0.3 is 0 Å². The molecule has 1 aromatic heterocycles. The van der Waals surface area contributed by atoms with Crippen molar-refractivity contribution in [1.29, 1.82) is 0 Å². The van der Waals surface area contributed by atoms with Gasteiger partial charge in [0.15, 0.2) is 5.96 Å². The molecule has 0 saturated carbocycles. The third kappa shape index (κ3) is 8.88. The van der Waals surface area contributed by atoms with Gasteiger partial charge in [-0.2, -0.15) is 0 Å². The standard InChI is InChI=1S/C24H35N5O3.HI/c1-3-25-24(28-18-23(30)26-16-21-8-7-15-32-21)27-17-22(29-13-5-4-6-14-29)19-9-11-20(31-2)12-10-19;/h7-12,15,22H,3-6,13-14,16-18H2,1-2H3,(H,26,30)(H2,25,27,28);1H. The first-order valence-electron chi connectivity index (χ1n) is 11.4. The Morgan fingerprint density at radius 2 is 1.88 bits per heavy atom. The molecule has 3 N–H and O–H groups in total. The first kappa shape index (κ1) is 27.0. The minimum absolute atomic E-state index is 0. The minimum Gasteiger partial charge on any atom is -0.497 e. The van der Waals surface area contributed by atoms with Crippen LogP contribution in [0.2, 0.25) is 0 Å². The molecule has 9 heteroatoms. The van der Waals surface area contributed by atoms with E-state index in [1.807, 2.05) is 25.1 Å². The van der Waals surface area contributed by atoms with Crippen LogP contribution >= 0.6 is 24.0 Å². The molecule has 1 amide bonds. The van der Waals surface area contributed by atoms with Gasteiger partial charge in [-0.3, -0.25) is 9.69 Å². The van der Waals surface area contributed by atoms with Gasteiger partial charge in [0.2, 0.25) is 5.91 Å². The van der Waals surface area contributed by atoms with Crippen LogP contribution in [0.1, 0.15) is 43.6 Å². The molecule has 1 atom stereocenters. The molecule has 0 bridgehead atoms. The highest BCUT2D eigenvalue weighted by molar-refractivity contribution is 14.0. The number of guanidine groups is 1. The lowest BCUT2D eigenvalue weighted by atomic mass is 10.0. The SMILES string of the molecule is CCNC(=NCC(=O)NCc1ccco1)NCC(c1ccc(OC)cc1)N1CCCCC1.I. The lowest BCUT2D eigenvalue weighted by molar-refractivity contribution is -0.119. The topological polar surface area (TPSA) is 91.1 Å². The first-order valence-corrected chi connectivity index (χ1v) is 11.4. The first-order chi connectivity index (χ1) is 15.7. The molecule has 1 saturated heterocycles. The summed E-state index contributed by atoms with van der Waals surface area (Å²) < 4.78 is 10.6. The molecule has 2 heterocycles. The molecule has 8 nitrogen and oxygen atoms in total. The van der Waals surface area contributed by atoms with E-state index in [0.29, 0.717) is 19.0 Å². The number of amides is 1. The number of methoxy groups -OCH3 is 1. The van der Waals surface area contributed by atoms with Crippen LogP contribution in [-0.4, -0.2) is 56.6 Å². The van der Waals surface area contributed by atoms with E-state index in [2.05, 4.69) is 38.0 Å². The Bertz CT molecular complexity index is 836. The fraction of sp³-hybridized carbons (Fsp3) is 0.500. The lowest BCUT2D eigenvalue weighted by Gasteiger charge is -2.35. The molecule has 1 unspecified atom stereocenters. The molecule has 0 aliphatic carbocycles. The summed E-state index contributed by atoms with van der Waals surface area (Å²) in [5.74, 6) is 2.06. The zero-order valence-corrected chi connectivity index (χ0v) is 21.8. The number of carbonyl (C=O) groups excluding carboxylic acids is 1. The van der Waals surface area contributed by atoms with Gasteiger partial charge in [-0.15, -0.1) is 24.0 Å². The van der Waals surface area contributed by atoms with Crippen LogP contribution in [0.15, 0.2) is 52.1 Å². The highest BCUT2D eigenvalue weighted by atomic mass is 127. The van der Waals surface area contributed by atoms with E-state index in [1.165, 1.54) is 24.8 Å². The lowest BCUT2D eigenvalue weighted by Crippen LogP contribution is -2.44. The van der Waals surface area contributed by atoms with Crippen LogP contribution in [-0.2, 0) is 11.3 Å². The molecule has 1 aromatic carbocycles. The Hall–Kier alpha value is -2.27. The molecule has 2 aromatic rings. The third-order valence-electron chi connectivity index (χ3n) is 5.56. The van der Waals surface area contributed by atoms with Gasteiger partial charge in [0.05, 0.1) is 26.0 Å². The predicted octanol–water partition coefficient (Wildman–Crippen LogP) is 3.30. The van der Waals surface area contributed by atoms with E-state index in [0.717, 1.165) is 31.1 Å². The maximum Gasteiger partial charge on any atom is 0.242 e. The number of carbonyl (C=O) groups is 1. The van der Waals surface area contributed by atoms with Crippen LogP contribution in [0.5, 0.6) is 5.75 Å². The van der Waals surface area contributed by atoms with Crippen LogP contribution in [0, 0.1) is 0 Å². The summed E-state index contributed by atoms with van der Waals surface area (Å²) >= 11 is 0. The third-order valence-corrected chi connectivity index (χ3v) is 5.56. The van der Waals surface area contributed by atoms with E-state index in [-0.39, 0.29) is 42.5 Å².